The van der Waals surface area contributed by atoms with Gasteiger partial charge >= 0.3 is 0 Å². The van der Waals surface area contributed by atoms with E-state index in [4.69, 9.17) is 5.73 Å². The molecule has 0 spiro atoms. The third kappa shape index (κ3) is 4.53. The van der Waals surface area contributed by atoms with Gasteiger partial charge in [0, 0.05) is 6.54 Å². The summed E-state index contributed by atoms with van der Waals surface area (Å²) in [6, 6.07) is 6.06. The number of hydrogen-bond acceptors (Lipinski definition) is 2. The molecule has 1 atom stereocenters. The summed E-state index contributed by atoms with van der Waals surface area (Å²) < 4.78 is 13.0. The number of amides is 1. The lowest BCUT2D eigenvalue weighted by Crippen LogP contribution is -2.46. The molecule has 1 aromatic carbocycles. The normalized spacial score (nSPS) is 13.0. The third-order valence-electron chi connectivity index (χ3n) is 4.05. The van der Waals surface area contributed by atoms with Crippen LogP contribution in [0.25, 0.3) is 0 Å². The van der Waals surface area contributed by atoms with Crippen LogP contribution in [0.4, 0.5) is 4.39 Å². The average Bonchev–Trinajstić information content (AvgIpc) is 2.47. The van der Waals surface area contributed by atoms with Crippen LogP contribution in [0.3, 0.4) is 0 Å². The van der Waals surface area contributed by atoms with E-state index in [1.807, 2.05) is 6.92 Å². The first-order chi connectivity index (χ1) is 9.99. The molecule has 0 aliphatic heterocycles. The topological polar surface area (TPSA) is 55.1 Å². The number of carbonyl (C=O) groups excluding carboxylic acids is 1. The molecule has 4 heteroatoms. The summed E-state index contributed by atoms with van der Waals surface area (Å²) in [5.74, 6) is -0.268. The fourth-order valence-electron chi connectivity index (χ4n) is 2.79. The fraction of sp³-hybridized carbons (Fsp3) is 0.588. The quantitative estimate of drug-likeness (QED) is 0.770. The molecule has 0 aromatic heterocycles. The van der Waals surface area contributed by atoms with Crippen molar-refractivity contribution in [2.24, 2.45) is 11.1 Å². The number of nitrogens with two attached hydrogens (primary N) is 1. The molecule has 0 bridgehead atoms. The number of benzene rings is 1. The summed E-state index contributed by atoms with van der Waals surface area (Å²) >= 11 is 0. The zero-order chi connectivity index (χ0) is 15.9. The predicted molar refractivity (Wildman–Crippen MR) is 84.3 cm³/mol. The molecule has 118 valence electrons. The highest BCUT2D eigenvalue weighted by Crippen LogP contribution is 2.30. The van der Waals surface area contributed by atoms with Crippen molar-refractivity contribution in [1.82, 2.24) is 5.32 Å². The lowest BCUT2D eigenvalue weighted by atomic mass is 9.78. The Hall–Kier alpha value is -1.42. The van der Waals surface area contributed by atoms with Gasteiger partial charge in [-0.05, 0) is 37.5 Å². The van der Waals surface area contributed by atoms with Crippen LogP contribution in [-0.2, 0) is 4.79 Å². The van der Waals surface area contributed by atoms with Crippen molar-refractivity contribution >= 4 is 5.91 Å². The first-order valence-electron chi connectivity index (χ1n) is 7.75. The minimum absolute atomic E-state index is 0.00512. The largest absolute Gasteiger partial charge is 0.349 e. The molecule has 3 N–H and O–H groups in total. The van der Waals surface area contributed by atoms with Crippen molar-refractivity contribution < 1.29 is 9.18 Å². The highest BCUT2D eigenvalue weighted by atomic mass is 19.1. The SMILES string of the molecule is CCCC(CN)(CCC)C(=O)NC(C)c1ccc(F)cc1. The van der Waals surface area contributed by atoms with Gasteiger partial charge in [0.15, 0.2) is 0 Å². The molecule has 1 unspecified atom stereocenters. The van der Waals surface area contributed by atoms with Crippen molar-refractivity contribution in [2.45, 2.75) is 52.5 Å². The maximum absolute atomic E-state index is 13.0. The van der Waals surface area contributed by atoms with E-state index in [2.05, 4.69) is 19.2 Å². The van der Waals surface area contributed by atoms with Gasteiger partial charge in [0.25, 0.3) is 0 Å². The zero-order valence-electron chi connectivity index (χ0n) is 13.3. The van der Waals surface area contributed by atoms with Crippen LogP contribution in [0.15, 0.2) is 24.3 Å². The van der Waals surface area contributed by atoms with E-state index in [0.29, 0.717) is 6.54 Å². The van der Waals surface area contributed by atoms with Crippen LogP contribution in [0.1, 0.15) is 58.1 Å². The molecule has 0 saturated heterocycles. The summed E-state index contributed by atoms with van der Waals surface area (Å²) in [6.45, 7) is 6.40. The number of nitrogens with one attached hydrogen (secondary N) is 1. The molecule has 0 heterocycles. The minimum atomic E-state index is -0.488. The van der Waals surface area contributed by atoms with Gasteiger partial charge in [0.05, 0.1) is 11.5 Å². The molecule has 0 radical (unpaired) electrons. The molecule has 0 fully saturated rings. The molecule has 1 aromatic rings. The summed E-state index contributed by atoms with van der Waals surface area (Å²) in [5.41, 5.74) is 6.31. The summed E-state index contributed by atoms with van der Waals surface area (Å²) in [7, 11) is 0. The van der Waals surface area contributed by atoms with Crippen molar-refractivity contribution in [3.63, 3.8) is 0 Å². The molecule has 21 heavy (non-hydrogen) atoms. The van der Waals surface area contributed by atoms with Gasteiger partial charge in [-0.3, -0.25) is 4.79 Å². The van der Waals surface area contributed by atoms with E-state index in [9.17, 15) is 9.18 Å². The van der Waals surface area contributed by atoms with Gasteiger partial charge in [0.2, 0.25) is 5.91 Å². The molecule has 3 nitrogen and oxygen atoms in total. The highest BCUT2D eigenvalue weighted by Gasteiger charge is 2.35. The minimum Gasteiger partial charge on any atom is -0.349 e. The van der Waals surface area contributed by atoms with Crippen LogP contribution in [0.5, 0.6) is 0 Å². The molecule has 1 rings (SSSR count). The lowest BCUT2D eigenvalue weighted by molar-refractivity contribution is -0.132. The van der Waals surface area contributed by atoms with Gasteiger partial charge in [-0.2, -0.15) is 0 Å². The molecular weight excluding hydrogens is 267 g/mol. The fourth-order valence-corrected chi connectivity index (χ4v) is 2.79. The van der Waals surface area contributed by atoms with E-state index in [1.54, 1.807) is 12.1 Å². The monoisotopic (exact) mass is 294 g/mol. The third-order valence-corrected chi connectivity index (χ3v) is 4.05. The van der Waals surface area contributed by atoms with Crippen LogP contribution in [-0.4, -0.2) is 12.5 Å². The van der Waals surface area contributed by atoms with E-state index >= 15 is 0 Å². The smallest absolute Gasteiger partial charge is 0.227 e. The molecule has 1 amide bonds. The Labute approximate surface area is 127 Å². The summed E-state index contributed by atoms with van der Waals surface area (Å²) in [4.78, 5) is 12.7. The molecule has 0 aliphatic rings. The van der Waals surface area contributed by atoms with Crippen molar-refractivity contribution in [3.8, 4) is 0 Å². The van der Waals surface area contributed by atoms with Gasteiger partial charge in [-0.1, -0.05) is 38.8 Å². The van der Waals surface area contributed by atoms with Crippen LogP contribution >= 0.6 is 0 Å². The van der Waals surface area contributed by atoms with Gasteiger partial charge < -0.3 is 11.1 Å². The zero-order valence-corrected chi connectivity index (χ0v) is 13.3. The van der Waals surface area contributed by atoms with E-state index in [1.165, 1.54) is 12.1 Å². The summed E-state index contributed by atoms with van der Waals surface area (Å²) in [6.07, 6.45) is 3.43. The van der Waals surface area contributed by atoms with Crippen molar-refractivity contribution in [2.75, 3.05) is 6.54 Å². The Morgan fingerprint density at radius 3 is 2.19 bits per heavy atom. The second-order valence-electron chi connectivity index (χ2n) is 5.73. The molecular formula is C17H27FN2O. The molecule has 0 aliphatic carbocycles. The highest BCUT2D eigenvalue weighted by molar-refractivity contribution is 5.83. The average molecular weight is 294 g/mol. The standard InChI is InChI=1S/C17H27FN2O/c1-4-10-17(12-19,11-5-2)16(21)20-13(3)14-6-8-15(18)9-7-14/h6-9,13H,4-5,10-12,19H2,1-3H3,(H,20,21). The summed E-state index contributed by atoms with van der Waals surface area (Å²) in [5, 5.41) is 3.04. The maximum atomic E-state index is 13.0. The predicted octanol–water partition coefficient (Wildman–Crippen LogP) is 3.55. The number of halogens is 1. The number of carbonyl (C=O) groups is 1. The number of hydrogen-bond donors (Lipinski definition) is 2. The Bertz CT molecular complexity index is 439. The maximum Gasteiger partial charge on any atom is 0.227 e. The van der Waals surface area contributed by atoms with Crippen LogP contribution in [0.2, 0.25) is 0 Å². The van der Waals surface area contributed by atoms with Crippen molar-refractivity contribution in [3.05, 3.63) is 35.6 Å². The van der Waals surface area contributed by atoms with Crippen LogP contribution in [0, 0.1) is 11.2 Å². The first kappa shape index (κ1) is 17.6. The molecule has 0 saturated carbocycles. The van der Waals surface area contributed by atoms with Crippen LogP contribution < -0.4 is 11.1 Å². The second-order valence-corrected chi connectivity index (χ2v) is 5.73. The van der Waals surface area contributed by atoms with Gasteiger partial charge in [-0.25, -0.2) is 4.39 Å². The second kappa shape index (κ2) is 8.13. The Morgan fingerprint density at radius 1 is 1.24 bits per heavy atom. The lowest BCUT2D eigenvalue weighted by Gasteiger charge is -2.32. The van der Waals surface area contributed by atoms with Crippen molar-refractivity contribution in [1.29, 1.82) is 0 Å². The van der Waals surface area contributed by atoms with Gasteiger partial charge in [0.1, 0.15) is 5.82 Å². The Balaban J connectivity index is 2.82. The van der Waals surface area contributed by atoms with Gasteiger partial charge in [-0.15, -0.1) is 0 Å². The Kier molecular flexibility index (Phi) is 6.82. The van der Waals surface area contributed by atoms with E-state index in [0.717, 1.165) is 31.2 Å². The van der Waals surface area contributed by atoms with E-state index in [-0.39, 0.29) is 17.8 Å². The Morgan fingerprint density at radius 2 is 1.76 bits per heavy atom. The van der Waals surface area contributed by atoms with E-state index < -0.39 is 5.41 Å². The number of rotatable bonds is 8. The first-order valence-corrected chi connectivity index (χ1v) is 7.75.